The highest BCUT2D eigenvalue weighted by molar-refractivity contribution is 5.80. The molecule has 1 aliphatic carbocycles. The summed E-state index contributed by atoms with van der Waals surface area (Å²) in [7, 11) is 1.76. The Balaban J connectivity index is 1.80. The van der Waals surface area contributed by atoms with E-state index >= 15 is 0 Å². The molecule has 1 aromatic heterocycles. The minimum absolute atomic E-state index is 0.171. The number of nitrogens with two attached hydrogens (primary N) is 1. The number of aromatic nitrogens is 2. The van der Waals surface area contributed by atoms with Crippen molar-refractivity contribution in [1.29, 1.82) is 0 Å². The molecule has 7 nitrogen and oxygen atoms in total. The van der Waals surface area contributed by atoms with Gasteiger partial charge < -0.3 is 16.0 Å². The van der Waals surface area contributed by atoms with Gasteiger partial charge in [-0.25, -0.2) is 4.79 Å². The number of nitrogens with zero attached hydrogens (tertiary/aromatic N) is 3. The van der Waals surface area contributed by atoms with Gasteiger partial charge in [-0.1, -0.05) is 12.2 Å². The van der Waals surface area contributed by atoms with Crippen LogP contribution in [0.4, 0.5) is 4.79 Å². The van der Waals surface area contributed by atoms with Crippen LogP contribution in [0, 0.1) is 19.8 Å². The summed E-state index contributed by atoms with van der Waals surface area (Å²) < 4.78 is 1.95. The Kier molecular flexibility index (Phi) is 6.00. The van der Waals surface area contributed by atoms with Crippen molar-refractivity contribution in [2.45, 2.75) is 45.7 Å². The quantitative estimate of drug-likeness (QED) is 0.770. The second kappa shape index (κ2) is 7.99. The predicted octanol–water partition coefficient (Wildman–Crippen LogP) is 1.35. The maximum atomic E-state index is 12.3. The fourth-order valence-corrected chi connectivity index (χ4v) is 3.02. The van der Waals surface area contributed by atoms with Crippen LogP contribution < -0.4 is 11.1 Å². The van der Waals surface area contributed by atoms with Crippen molar-refractivity contribution >= 4 is 11.9 Å². The van der Waals surface area contributed by atoms with Gasteiger partial charge in [0.25, 0.3) is 0 Å². The fourth-order valence-electron chi connectivity index (χ4n) is 3.02. The second-order valence-electron chi connectivity index (χ2n) is 6.43. The Morgan fingerprint density at radius 3 is 2.71 bits per heavy atom. The third-order valence-corrected chi connectivity index (χ3v) is 4.42. The Morgan fingerprint density at radius 2 is 2.08 bits per heavy atom. The van der Waals surface area contributed by atoms with E-state index in [1.807, 2.05) is 36.7 Å². The first-order chi connectivity index (χ1) is 11.4. The van der Waals surface area contributed by atoms with E-state index in [1.54, 1.807) is 11.9 Å². The standard InChI is InChI=1S/C17H27N5O2/c1-12-11-13(2)22(20-12)10-6-9-21(3)17(24)19-15-8-5-4-7-14(15)16(18)23/h4-5,11,14-15H,6-10H2,1-3H3,(H2,18,23)(H,19,24)/t14-,15-/m1/s1. The van der Waals surface area contributed by atoms with Crippen molar-refractivity contribution in [2.75, 3.05) is 13.6 Å². The lowest BCUT2D eigenvalue weighted by Crippen LogP contribution is -2.50. The van der Waals surface area contributed by atoms with Crippen LogP contribution in [0.15, 0.2) is 18.2 Å². The number of primary amides is 1. The van der Waals surface area contributed by atoms with Crippen LogP contribution in [0.1, 0.15) is 30.7 Å². The number of urea groups is 1. The van der Waals surface area contributed by atoms with E-state index in [-0.39, 0.29) is 23.9 Å². The lowest BCUT2D eigenvalue weighted by atomic mass is 9.88. The summed E-state index contributed by atoms with van der Waals surface area (Å²) >= 11 is 0. The second-order valence-corrected chi connectivity index (χ2v) is 6.43. The highest BCUT2D eigenvalue weighted by atomic mass is 16.2. The van der Waals surface area contributed by atoms with Crippen LogP contribution in [-0.2, 0) is 11.3 Å². The zero-order valence-electron chi connectivity index (χ0n) is 14.7. The van der Waals surface area contributed by atoms with Gasteiger partial charge in [0, 0.05) is 31.9 Å². The summed E-state index contributed by atoms with van der Waals surface area (Å²) in [5, 5.41) is 7.34. The van der Waals surface area contributed by atoms with E-state index in [1.165, 1.54) is 0 Å². The topological polar surface area (TPSA) is 93.3 Å². The van der Waals surface area contributed by atoms with Crippen LogP contribution >= 0.6 is 0 Å². The molecule has 0 saturated heterocycles. The monoisotopic (exact) mass is 333 g/mol. The van der Waals surface area contributed by atoms with Crippen molar-refractivity contribution in [3.63, 3.8) is 0 Å². The molecule has 2 rings (SSSR count). The average molecular weight is 333 g/mol. The molecule has 0 saturated carbocycles. The van der Waals surface area contributed by atoms with E-state index in [0.29, 0.717) is 19.4 Å². The number of rotatable bonds is 6. The smallest absolute Gasteiger partial charge is 0.317 e. The Hall–Kier alpha value is -2.31. The molecule has 0 bridgehead atoms. The maximum absolute atomic E-state index is 12.3. The van der Waals surface area contributed by atoms with E-state index in [9.17, 15) is 9.59 Å². The SMILES string of the molecule is Cc1cc(C)n(CCCN(C)C(=O)N[C@@H]2CC=CC[C@H]2C(N)=O)n1. The lowest BCUT2D eigenvalue weighted by Gasteiger charge is -2.29. The number of hydrogen-bond acceptors (Lipinski definition) is 3. The lowest BCUT2D eigenvalue weighted by molar-refractivity contribution is -0.122. The van der Waals surface area contributed by atoms with Crippen molar-refractivity contribution in [2.24, 2.45) is 11.7 Å². The Bertz CT molecular complexity index is 622. The number of carbonyl (C=O) groups excluding carboxylic acids is 2. The van der Waals surface area contributed by atoms with Crippen LogP contribution in [0.25, 0.3) is 0 Å². The molecular formula is C17H27N5O2. The number of nitrogens with one attached hydrogen (secondary N) is 1. The van der Waals surface area contributed by atoms with Crippen molar-refractivity contribution < 1.29 is 9.59 Å². The molecule has 24 heavy (non-hydrogen) atoms. The van der Waals surface area contributed by atoms with Gasteiger partial charge in [-0.2, -0.15) is 5.10 Å². The molecule has 0 aromatic carbocycles. The van der Waals surface area contributed by atoms with Crippen molar-refractivity contribution in [3.05, 3.63) is 29.6 Å². The Morgan fingerprint density at radius 1 is 1.38 bits per heavy atom. The number of hydrogen-bond donors (Lipinski definition) is 2. The summed E-state index contributed by atoms with van der Waals surface area (Å²) in [5.41, 5.74) is 7.55. The molecule has 2 atom stereocenters. The number of aryl methyl sites for hydroxylation is 3. The molecule has 3 N–H and O–H groups in total. The first-order valence-corrected chi connectivity index (χ1v) is 8.35. The molecular weight excluding hydrogens is 306 g/mol. The molecule has 132 valence electrons. The Labute approximate surface area is 142 Å². The first kappa shape index (κ1) is 18.0. The van der Waals surface area contributed by atoms with Gasteiger partial charge in [-0.05, 0) is 39.2 Å². The number of allylic oxidation sites excluding steroid dienone is 1. The van der Waals surface area contributed by atoms with Crippen LogP contribution in [0.5, 0.6) is 0 Å². The van der Waals surface area contributed by atoms with Gasteiger partial charge in [0.05, 0.1) is 11.6 Å². The molecule has 0 unspecified atom stereocenters. The highest BCUT2D eigenvalue weighted by Crippen LogP contribution is 2.19. The van der Waals surface area contributed by atoms with Crippen LogP contribution in [0.3, 0.4) is 0 Å². The fraction of sp³-hybridized carbons (Fsp3) is 0.588. The van der Waals surface area contributed by atoms with Crippen molar-refractivity contribution in [1.82, 2.24) is 20.0 Å². The normalized spacial score (nSPS) is 20.0. The molecule has 1 heterocycles. The zero-order valence-corrected chi connectivity index (χ0v) is 14.7. The summed E-state index contributed by atoms with van der Waals surface area (Å²) in [6.07, 6.45) is 5.96. The van der Waals surface area contributed by atoms with Crippen molar-refractivity contribution in [3.8, 4) is 0 Å². The first-order valence-electron chi connectivity index (χ1n) is 8.35. The van der Waals surface area contributed by atoms with Gasteiger partial charge >= 0.3 is 6.03 Å². The minimum atomic E-state index is -0.364. The molecule has 0 radical (unpaired) electrons. The molecule has 3 amide bonds. The van der Waals surface area contributed by atoms with Gasteiger partial charge in [-0.3, -0.25) is 9.48 Å². The van der Waals surface area contributed by atoms with Gasteiger partial charge in [0.2, 0.25) is 5.91 Å². The minimum Gasteiger partial charge on any atom is -0.369 e. The molecule has 7 heteroatoms. The molecule has 0 aliphatic heterocycles. The van der Waals surface area contributed by atoms with Crippen LogP contribution in [-0.4, -0.2) is 46.3 Å². The molecule has 0 spiro atoms. The van der Waals surface area contributed by atoms with Gasteiger partial charge in [-0.15, -0.1) is 0 Å². The summed E-state index contributed by atoms with van der Waals surface area (Å²) in [6, 6.07) is 1.64. The predicted molar refractivity (Wildman–Crippen MR) is 92.3 cm³/mol. The summed E-state index contributed by atoms with van der Waals surface area (Å²) in [4.78, 5) is 25.4. The largest absolute Gasteiger partial charge is 0.369 e. The molecule has 1 aliphatic rings. The van der Waals surface area contributed by atoms with Crippen LogP contribution in [0.2, 0.25) is 0 Å². The average Bonchev–Trinajstić information content (AvgIpc) is 2.85. The molecule has 0 fully saturated rings. The summed E-state index contributed by atoms with van der Waals surface area (Å²) in [6.45, 7) is 5.38. The third-order valence-electron chi connectivity index (χ3n) is 4.42. The molecule has 1 aromatic rings. The third kappa shape index (κ3) is 4.59. The maximum Gasteiger partial charge on any atom is 0.317 e. The van der Waals surface area contributed by atoms with Gasteiger partial charge in [0.1, 0.15) is 0 Å². The van der Waals surface area contributed by atoms with E-state index in [2.05, 4.69) is 10.4 Å². The van der Waals surface area contributed by atoms with E-state index in [4.69, 9.17) is 5.73 Å². The van der Waals surface area contributed by atoms with E-state index < -0.39 is 0 Å². The zero-order chi connectivity index (χ0) is 17.7. The summed E-state index contributed by atoms with van der Waals surface area (Å²) in [5.74, 6) is -0.695. The van der Waals surface area contributed by atoms with Gasteiger partial charge in [0.15, 0.2) is 0 Å². The number of amides is 3. The number of carbonyl (C=O) groups is 2. The van der Waals surface area contributed by atoms with E-state index in [0.717, 1.165) is 24.4 Å². The highest BCUT2D eigenvalue weighted by Gasteiger charge is 2.29.